The molecule has 0 heterocycles. The van der Waals surface area contributed by atoms with E-state index in [9.17, 15) is 0 Å². The topological polar surface area (TPSA) is 0 Å². The molecule has 4 atom stereocenters. The van der Waals surface area contributed by atoms with E-state index in [4.69, 9.17) is 0 Å². The van der Waals surface area contributed by atoms with E-state index >= 15 is 0 Å². The molecule has 1 aliphatic rings. The van der Waals surface area contributed by atoms with Crippen molar-refractivity contribution in [2.75, 3.05) is 12.3 Å². The van der Waals surface area contributed by atoms with Crippen LogP contribution >= 0.6 is 15.8 Å². The molecule has 0 saturated heterocycles. The molecule has 0 nitrogen and oxygen atoms in total. The minimum atomic E-state index is -0.123. The van der Waals surface area contributed by atoms with Crippen LogP contribution in [0, 0.1) is 11.8 Å². The van der Waals surface area contributed by atoms with Crippen LogP contribution in [0.3, 0.4) is 0 Å². The summed E-state index contributed by atoms with van der Waals surface area (Å²) in [5.74, 6) is 2.79. The Labute approximate surface area is 239 Å². The number of rotatable bonds is 6. The number of benzene rings is 2. The minimum absolute atomic E-state index is 0.123. The first-order valence-electron chi connectivity index (χ1n) is 15.0. The maximum Gasteiger partial charge on any atom is -0.00901 e. The molecule has 1 fully saturated rings. The van der Waals surface area contributed by atoms with Crippen LogP contribution in [-0.4, -0.2) is 32.9 Å². The molecular weight excluding hydrogens is 494 g/mol. The molecule has 4 unspecified atom stereocenters. The average molecular weight is 553 g/mol. The monoisotopic (exact) mass is 552 g/mol. The van der Waals surface area contributed by atoms with Gasteiger partial charge in [-0.1, -0.05) is 160 Å². The summed E-state index contributed by atoms with van der Waals surface area (Å²) in [7, 11) is -0.245. The van der Waals surface area contributed by atoms with Crippen LogP contribution in [0.2, 0.25) is 0 Å². The normalized spacial score (nSPS) is 23.7. The van der Waals surface area contributed by atoms with Gasteiger partial charge in [0.25, 0.3) is 0 Å². The molecule has 0 aliphatic heterocycles. The summed E-state index contributed by atoms with van der Waals surface area (Å²) in [6.07, 6.45) is 5.48. The molecule has 38 heavy (non-hydrogen) atoms. The molecule has 0 radical (unpaired) electrons. The SMILES string of the molecule is CC(C)(C)P(CC1CC(c2ccccc2)C(c2ccccc2)CC1CP(C(C)(C)C)C(C)(C)C)C(C)(C)C. The van der Waals surface area contributed by atoms with Crippen molar-refractivity contribution in [2.24, 2.45) is 11.8 Å². The van der Waals surface area contributed by atoms with Crippen LogP contribution in [0.25, 0.3) is 0 Å². The van der Waals surface area contributed by atoms with Gasteiger partial charge >= 0.3 is 0 Å². The standard InChI is InChI=1S/C36H58P2/c1-33(2,3)37(34(4,5)6)25-29-23-31(27-19-15-13-16-20-27)32(28-21-17-14-18-22-28)24-30(29)26-38(35(7,8)9)36(10,11)12/h13-22,29-32H,23-26H2,1-12H3. The van der Waals surface area contributed by atoms with Gasteiger partial charge in [0.2, 0.25) is 0 Å². The smallest absolute Gasteiger partial charge is 0.00901 e. The zero-order valence-electron chi connectivity index (χ0n) is 26.8. The first-order chi connectivity index (χ1) is 17.4. The van der Waals surface area contributed by atoms with Gasteiger partial charge < -0.3 is 0 Å². The van der Waals surface area contributed by atoms with Crippen LogP contribution in [0.1, 0.15) is 119 Å². The first-order valence-corrected chi connectivity index (χ1v) is 18.1. The summed E-state index contributed by atoms with van der Waals surface area (Å²) in [4.78, 5) is 0. The van der Waals surface area contributed by atoms with E-state index in [-0.39, 0.29) is 15.8 Å². The Bertz CT molecular complexity index is 871. The van der Waals surface area contributed by atoms with Gasteiger partial charge in [-0.3, -0.25) is 0 Å². The first kappa shape index (κ1) is 31.8. The van der Waals surface area contributed by atoms with Gasteiger partial charge in [0.15, 0.2) is 0 Å². The van der Waals surface area contributed by atoms with Crippen molar-refractivity contribution >= 4 is 15.8 Å². The van der Waals surface area contributed by atoms with Gasteiger partial charge in [0.1, 0.15) is 0 Å². The molecule has 3 rings (SSSR count). The lowest BCUT2D eigenvalue weighted by Gasteiger charge is -2.51. The molecule has 1 saturated carbocycles. The fourth-order valence-electron chi connectivity index (χ4n) is 7.53. The molecule has 2 aromatic rings. The lowest BCUT2D eigenvalue weighted by atomic mass is 9.65. The highest BCUT2D eigenvalue weighted by atomic mass is 31.1. The lowest BCUT2D eigenvalue weighted by molar-refractivity contribution is 0.225. The predicted molar refractivity (Wildman–Crippen MR) is 177 cm³/mol. The zero-order chi connectivity index (χ0) is 28.5. The summed E-state index contributed by atoms with van der Waals surface area (Å²) in [5.41, 5.74) is 3.10. The maximum absolute atomic E-state index is 2.51. The van der Waals surface area contributed by atoms with Crippen molar-refractivity contribution in [2.45, 2.75) is 128 Å². The van der Waals surface area contributed by atoms with Crippen molar-refractivity contribution < 1.29 is 0 Å². The summed E-state index contributed by atoms with van der Waals surface area (Å²) < 4.78 is 0. The molecule has 0 N–H and O–H groups in total. The molecule has 0 spiro atoms. The Balaban J connectivity index is 2.10. The van der Waals surface area contributed by atoms with Crippen LogP contribution in [0.5, 0.6) is 0 Å². The maximum atomic E-state index is 2.51. The molecular formula is C36H58P2. The van der Waals surface area contributed by atoms with Crippen molar-refractivity contribution in [3.63, 3.8) is 0 Å². The fourth-order valence-corrected chi connectivity index (χ4v) is 15.6. The summed E-state index contributed by atoms with van der Waals surface area (Å²) in [5, 5.41) is 1.48. The summed E-state index contributed by atoms with van der Waals surface area (Å²) in [6, 6.07) is 23.0. The third-order valence-electron chi connectivity index (χ3n) is 8.79. The van der Waals surface area contributed by atoms with Gasteiger partial charge in [-0.2, -0.15) is 0 Å². The second-order valence-corrected chi connectivity index (χ2v) is 23.7. The largest absolute Gasteiger partial charge is 0.0954 e. The van der Waals surface area contributed by atoms with Gasteiger partial charge in [0, 0.05) is 0 Å². The van der Waals surface area contributed by atoms with Crippen molar-refractivity contribution in [3.05, 3.63) is 71.8 Å². The van der Waals surface area contributed by atoms with Gasteiger partial charge in [-0.15, -0.1) is 0 Å². The van der Waals surface area contributed by atoms with E-state index in [1.807, 2.05) is 0 Å². The van der Waals surface area contributed by atoms with E-state index in [0.29, 0.717) is 32.5 Å². The lowest BCUT2D eigenvalue weighted by Crippen LogP contribution is -2.39. The van der Waals surface area contributed by atoms with E-state index in [1.54, 1.807) is 11.1 Å². The Hall–Kier alpha value is -0.700. The molecule has 0 amide bonds. The second-order valence-electron chi connectivity index (χ2n) is 15.9. The van der Waals surface area contributed by atoms with Crippen LogP contribution in [0.4, 0.5) is 0 Å². The second kappa shape index (κ2) is 12.0. The van der Waals surface area contributed by atoms with Crippen molar-refractivity contribution in [1.29, 1.82) is 0 Å². The molecule has 1 aliphatic carbocycles. The van der Waals surface area contributed by atoms with Crippen LogP contribution in [-0.2, 0) is 0 Å². The predicted octanol–water partition coefficient (Wildman–Crippen LogP) is 11.7. The Morgan fingerprint density at radius 3 is 0.974 bits per heavy atom. The van der Waals surface area contributed by atoms with E-state index in [2.05, 4.69) is 144 Å². The molecule has 212 valence electrons. The van der Waals surface area contributed by atoms with Gasteiger partial charge in [-0.25, -0.2) is 0 Å². The Morgan fingerprint density at radius 1 is 0.474 bits per heavy atom. The molecule has 0 aromatic heterocycles. The highest BCUT2D eigenvalue weighted by molar-refractivity contribution is 7.61. The van der Waals surface area contributed by atoms with Crippen LogP contribution < -0.4 is 0 Å². The number of hydrogen-bond acceptors (Lipinski definition) is 0. The molecule has 2 heteroatoms. The van der Waals surface area contributed by atoms with Gasteiger partial charge in [0.05, 0.1) is 0 Å². The Morgan fingerprint density at radius 2 is 0.737 bits per heavy atom. The van der Waals surface area contributed by atoms with E-state index in [1.165, 1.54) is 25.2 Å². The number of hydrogen-bond donors (Lipinski definition) is 0. The van der Waals surface area contributed by atoms with Crippen molar-refractivity contribution in [1.82, 2.24) is 0 Å². The summed E-state index contributed by atoms with van der Waals surface area (Å²) in [6.45, 7) is 30.2. The minimum Gasteiger partial charge on any atom is -0.0954 e. The van der Waals surface area contributed by atoms with Gasteiger partial charge in [-0.05, 0) is 80.6 Å². The molecule has 0 bridgehead atoms. The van der Waals surface area contributed by atoms with Crippen molar-refractivity contribution in [3.8, 4) is 0 Å². The Kier molecular flexibility index (Phi) is 10.1. The third-order valence-corrected chi connectivity index (χ3v) is 16.9. The quantitative estimate of drug-likeness (QED) is 0.313. The fraction of sp³-hybridized carbons (Fsp3) is 0.667. The zero-order valence-corrected chi connectivity index (χ0v) is 28.6. The van der Waals surface area contributed by atoms with E-state index in [0.717, 1.165) is 11.8 Å². The third kappa shape index (κ3) is 8.17. The summed E-state index contributed by atoms with van der Waals surface area (Å²) >= 11 is 0. The highest BCUT2D eigenvalue weighted by Crippen LogP contribution is 2.66. The highest BCUT2D eigenvalue weighted by Gasteiger charge is 2.45. The van der Waals surface area contributed by atoms with Crippen LogP contribution in [0.15, 0.2) is 60.7 Å². The average Bonchev–Trinajstić information content (AvgIpc) is 2.79. The molecule has 2 aromatic carbocycles. The van der Waals surface area contributed by atoms with E-state index < -0.39 is 0 Å².